The van der Waals surface area contributed by atoms with Gasteiger partial charge in [0.2, 0.25) is 0 Å². The second kappa shape index (κ2) is 5.38. The Morgan fingerprint density at radius 3 is 2.73 bits per heavy atom. The molecule has 1 rings (SSSR count). The van der Waals surface area contributed by atoms with Crippen LogP contribution in [0.25, 0.3) is 0 Å². The molecule has 1 unspecified atom stereocenters. The van der Waals surface area contributed by atoms with E-state index < -0.39 is 11.1 Å². The van der Waals surface area contributed by atoms with Crippen molar-refractivity contribution in [2.45, 2.75) is 17.5 Å². The second-order valence-electron chi connectivity index (χ2n) is 3.50. The molecule has 0 aromatic rings. The Morgan fingerprint density at radius 1 is 1.47 bits per heavy atom. The Hall–Kier alpha value is 0.0200. The summed E-state index contributed by atoms with van der Waals surface area (Å²) in [5, 5.41) is 12.5. The van der Waals surface area contributed by atoms with Crippen LogP contribution in [0, 0.1) is 0 Å². The molecule has 1 atom stereocenters. The molecule has 1 aliphatic rings. The zero-order valence-electron chi connectivity index (χ0n) is 8.14. The van der Waals surface area contributed by atoms with Crippen molar-refractivity contribution in [1.29, 1.82) is 0 Å². The molecular weight excluding hydrogens is 231 g/mol. The molecule has 0 radical (unpaired) electrons. The first-order chi connectivity index (χ1) is 6.91. The van der Waals surface area contributed by atoms with E-state index in [2.05, 4.69) is 5.32 Å². The van der Waals surface area contributed by atoms with Gasteiger partial charge in [0.25, 0.3) is 0 Å². The Bertz CT molecular complexity index is 195. The van der Waals surface area contributed by atoms with Crippen LogP contribution in [0.4, 0.5) is 13.2 Å². The summed E-state index contributed by atoms with van der Waals surface area (Å²) in [5.74, 6) is -0.0412. The summed E-state index contributed by atoms with van der Waals surface area (Å²) in [6.45, 7) is 1.28. The lowest BCUT2D eigenvalue weighted by molar-refractivity contribution is -0.0327. The van der Waals surface area contributed by atoms with Crippen LogP contribution in [-0.4, -0.2) is 48.3 Å². The van der Waals surface area contributed by atoms with Gasteiger partial charge in [0.15, 0.2) is 0 Å². The molecule has 3 nitrogen and oxygen atoms in total. The van der Waals surface area contributed by atoms with Crippen molar-refractivity contribution in [2.75, 3.05) is 32.1 Å². The van der Waals surface area contributed by atoms with E-state index in [0.29, 0.717) is 13.0 Å². The molecule has 0 amide bonds. The first kappa shape index (κ1) is 13.1. The van der Waals surface area contributed by atoms with Gasteiger partial charge in [0.05, 0.1) is 6.61 Å². The molecule has 0 spiro atoms. The standard InChI is InChI=1S/C8H14F3NO2S/c9-8(10,11)15-4-2-12-5-7(13)1-3-14-6-7/h12-13H,1-6H2. The summed E-state index contributed by atoms with van der Waals surface area (Å²) in [6, 6.07) is 0. The summed E-state index contributed by atoms with van der Waals surface area (Å²) in [4.78, 5) is 0. The lowest BCUT2D eigenvalue weighted by atomic mass is 10.0. The van der Waals surface area contributed by atoms with Crippen molar-refractivity contribution in [1.82, 2.24) is 5.32 Å². The monoisotopic (exact) mass is 245 g/mol. The number of nitrogens with one attached hydrogen (secondary N) is 1. The number of alkyl halides is 3. The minimum atomic E-state index is -4.17. The van der Waals surface area contributed by atoms with Crippen molar-refractivity contribution in [2.24, 2.45) is 0 Å². The van der Waals surface area contributed by atoms with Crippen LogP contribution in [0.3, 0.4) is 0 Å². The zero-order chi connectivity index (χ0) is 11.4. The number of ether oxygens (including phenoxy) is 1. The van der Waals surface area contributed by atoms with Crippen LogP contribution in [-0.2, 0) is 4.74 Å². The highest BCUT2D eigenvalue weighted by Crippen LogP contribution is 2.29. The SMILES string of the molecule is OC1(CNCCSC(F)(F)F)CCOC1. The van der Waals surface area contributed by atoms with Crippen LogP contribution in [0.2, 0.25) is 0 Å². The van der Waals surface area contributed by atoms with Gasteiger partial charge < -0.3 is 15.2 Å². The number of hydrogen-bond acceptors (Lipinski definition) is 4. The highest BCUT2D eigenvalue weighted by Gasteiger charge is 2.32. The molecule has 0 saturated carbocycles. The molecule has 0 bridgehead atoms. The van der Waals surface area contributed by atoms with E-state index in [1.807, 2.05) is 0 Å². The first-order valence-corrected chi connectivity index (χ1v) is 5.61. The van der Waals surface area contributed by atoms with Gasteiger partial charge in [-0.2, -0.15) is 13.2 Å². The normalized spacial score (nSPS) is 27.2. The topological polar surface area (TPSA) is 41.5 Å². The summed E-state index contributed by atoms with van der Waals surface area (Å²) in [7, 11) is 0. The van der Waals surface area contributed by atoms with Gasteiger partial charge in [-0.05, 0) is 11.8 Å². The van der Waals surface area contributed by atoms with Crippen molar-refractivity contribution in [3.05, 3.63) is 0 Å². The van der Waals surface area contributed by atoms with Crippen LogP contribution in [0.15, 0.2) is 0 Å². The predicted octanol–water partition coefficient (Wildman–Crippen LogP) is 0.980. The maximum Gasteiger partial charge on any atom is 0.441 e. The van der Waals surface area contributed by atoms with Gasteiger partial charge in [-0.3, -0.25) is 0 Å². The van der Waals surface area contributed by atoms with E-state index in [1.165, 1.54) is 0 Å². The maximum absolute atomic E-state index is 11.7. The lowest BCUT2D eigenvalue weighted by Crippen LogP contribution is -2.41. The number of aliphatic hydroxyl groups is 1. The fourth-order valence-electron chi connectivity index (χ4n) is 1.30. The van der Waals surface area contributed by atoms with Crippen molar-refractivity contribution >= 4 is 11.8 Å². The number of thioether (sulfide) groups is 1. The van der Waals surface area contributed by atoms with Crippen molar-refractivity contribution in [3.8, 4) is 0 Å². The highest BCUT2D eigenvalue weighted by molar-refractivity contribution is 8.00. The molecule has 1 aliphatic heterocycles. The smallest absolute Gasteiger partial charge is 0.386 e. The quantitative estimate of drug-likeness (QED) is 0.708. The van der Waals surface area contributed by atoms with Crippen LogP contribution in [0.1, 0.15) is 6.42 Å². The number of hydrogen-bond donors (Lipinski definition) is 2. The third-order valence-corrected chi connectivity index (χ3v) is 2.82. The first-order valence-electron chi connectivity index (χ1n) is 4.63. The minimum absolute atomic E-state index is 0.0412. The van der Waals surface area contributed by atoms with Gasteiger partial charge in [-0.15, -0.1) is 0 Å². The van der Waals surface area contributed by atoms with E-state index in [9.17, 15) is 18.3 Å². The molecule has 0 aromatic heterocycles. The maximum atomic E-state index is 11.7. The third kappa shape index (κ3) is 5.60. The molecule has 0 aromatic carbocycles. The average Bonchev–Trinajstić information content (AvgIpc) is 2.50. The second-order valence-corrected chi connectivity index (χ2v) is 4.66. The predicted molar refractivity (Wildman–Crippen MR) is 51.8 cm³/mol. The Kier molecular flexibility index (Phi) is 4.69. The fraction of sp³-hybridized carbons (Fsp3) is 1.00. The Balaban J connectivity index is 2.02. The summed E-state index contributed by atoms with van der Waals surface area (Å²) in [6.07, 6.45) is 0.534. The fourth-order valence-corrected chi connectivity index (χ4v) is 1.77. The molecule has 90 valence electrons. The molecular formula is C8H14F3NO2S. The van der Waals surface area contributed by atoms with Gasteiger partial charge >= 0.3 is 5.51 Å². The molecule has 0 aliphatic carbocycles. The molecule has 2 N–H and O–H groups in total. The molecule has 1 saturated heterocycles. The van der Waals surface area contributed by atoms with Crippen LogP contribution in [0.5, 0.6) is 0 Å². The summed E-state index contributed by atoms with van der Waals surface area (Å²) < 4.78 is 40.2. The van der Waals surface area contributed by atoms with E-state index in [-0.39, 0.29) is 37.2 Å². The third-order valence-electron chi connectivity index (χ3n) is 2.08. The number of halogens is 3. The zero-order valence-corrected chi connectivity index (χ0v) is 8.96. The highest BCUT2D eigenvalue weighted by atomic mass is 32.2. The van der Waals surface area contributed by atoms with Gasteiger partial charge in [-0.1, -0.05) is 0 Å². The lowest BCUT2D eigenvalue weighted by Gasteiger charge is -2.20. The van der Waals surface area contributed by atoms with Crippen molar-refractivity contribution in [3.63, 3.8) is 0 Å². The largest absolute Gasteiger partial charge is 0.441 e. The van der Waals surface area contributed by atoms with E-state index in [4.69, 9.17) is 4.74 Å². The molecule has 15 heavy (non-hydrogen) atoms. The Morgan fingerprint density at radius 2 is 2.20 bits per heavy atom. The molecule has 1 fully saturated rings. The van der Waals surface area contributed by atoms with Crippen molar-refractivity contribution < 1.29 is 23.0 Å². The van der Waals surface area contributed by atoms with E-state index in [1.54, 1.807) is 0 Å². The number of rotatable bonds is 5. The molecule has 7 heteroatoms. The van der Waals surface area contributed by atoms with Crippen LogP contribution < -0.4 is 5.32 Å². The average molecular weight is 245 g/mol. The minimum Gasteiger partial charge on any atom is -0.386 e. The van der Waals surface area contributed by atoms with Gasteiger partial charge in [0.1, 0.15) is 5.60 Å². The van der Waals surface area contributed by atoms with Gasteiger partial charge in [-0.25, -0.2) is 0 Å². The molecule has 1 heterocycles. The Labute approximate surface area is 90.4 Å². The van der Waals surface area contributed by atoms with E-state index in [0.717, 1.165) is 0 Å². The van der Waals surface area contributed by atoms with Gasteiger partial charge in [0, 0.05) is 31.9 Å². The van der Waals surface area contributed by atoms with E-state index >= 15 is 0 Å². The summed E-state index contributed by atoms with van der Waals surface area (Å²) in [5.41, 5.74) is -5.07. The van der Waals surface area contributed by atoms with Crippen LogP contribution >= 0.6 is 11.8 Å². The summed E-state index contributed by atoms with van der Waals surface area (Å²) >= 11 is -0.0604.